The highest BCUT2D eigenvalue weighted by Gasteiger charge is 2.53. The van der Waals surface area contributed by atoms with Gasteiger partial charge in [0.2, 0.25) is 15.9 Å². The highest BCUT2D eigenvalue weighted by atomic mass is 32.2. The molecule has 3 rings (SSSR count). The SMILES string of the molecule is CCN(C[C@H]1[C@H](c2ccccc2)[C@@H](CO)N1S(C)(=O)=O)C(=O)C1CCCC1. The van der Waals surface area contributed by atoms with Crippen molar-refractivity contribution in [3.63, 3.8) is 0 Å². The number of carbonyl (C=O) groups is 1. The summed E-state index contributed by atoms with van der Waals surface area (Å²) in [6.45, 7) is 2.65. The molecule has 2 fully saturated rings. The summed E-state index contributed by atoms with van der Waals surface area (Å²) < 4.78 is 26.2. The molecule has 150 valence electrons. The van der Waals surface area contributed by atoms with Gasteiger partial charge in [-0.05, 0) is 25.3 Å². The lowest BCUT2D eigenvalue weighted by Gasteiger charge is -2.54. The number of nitrogens with zero attached hydrogens (tertiary/aromatic N) is 2. The van der Waals surface area contributed by atoms with Crippen LogP contribution in [0.1, 0.15) is 44.1 Å². The number of hydrogen-bond acceptors (Lipinski definition) is 4. The monoisotopic (exact) mass is 394 g/mol. The van der Waals surface area contributed by atoms with Crippen molar-refractivity contribution in [2.75, 3.05) is 26.0 Å². The van der Waals surface area contributed by atoms with Crippen LogP contribution in [0.3, 0.4) is 0 Å². The molecule has 27 heavy (non-hydrogen) atoms. The van der Waals surface area contributed by atoms with Crippen LogP contribution in [0.4, 0.5) is 0 Å². The lowest BCUT2D eigenvalue weighted by molar-refractivity contribution is -0.137. The van der Waals surface area contributed by atoms with Crippen molar-refractivity contribution in [1.29, 1.82) is 0 Å². The van der Waals surface area contributed by atoms with Gasteiger partial charge in [-0.15, -0.1) is 0 Å². The second kappa shape index (κ2) is 8.29. The molecule has 1 amide bonds. The molecule has 1 aliphatic carbocycles. The molecule has 6 nitrogen and oxygen atoms in total. The van der Waals surface area contributed by atoms with Gasteiger partial charge in [0.25, 0.3) is 0 Å². The minimum Gasteiger partial charge on any atom is -0.395 e. The van der Waals surface area contributed by atoms with Crippen molar-refractivity contribution >= 4 is 15.9 Å². The zero-order valence-corrected chi connectivity index (χ0v) is 16.9. The number of aliphatic hydroxyl groups excluding tert-OH is 1. The van der Waals surface area contributed by atoms with Gasteiger partial charge in [0.05, 0.1) is 24.9 Å². The average Bonchev–Trinajstić information content (AvgIpc) is 3.15. The molecule has 1 heterocycles. The molecule has 0 aromatic heterocycles. The fourth-order valence-electron chi connectivity index (χ4n) is 4.75. The molecule has 1 aliphatic heterocycles. The van der Waals surface area contributed by atoms with E-state index in [1.165, 1.54) is 10.6 Å². The maximum atomic E-state index is 12.9. The Bertz CT molecular complexity index is 747. The zero-order chi connectivity index (χ0) is 19.6. The molecule has 1 aromatic carbocycles. The van der Waals surface area contributed by atoms with Crippen LogP contribution in [0.15, 0.2) is 30.3 Å². The zero-order valence-electron chi connectivity index (χ0n) is 16.1. The van der Waals surface area contributed by atoms with E-state index in [0.29, 0.717) is 13.1 Å². The molecule has 0 spiro atoms. The number of aliphatic hydroxyl groups is 1. The third kappa shape index (κ3) is 4.05. The topological polar surface area (TPSA) is 77.9 Å². The van der Waals surface area contributed by atoms with Gasteiger partial charge in [-0.3, -0.25) is 4.79 Å². The Morgan fingerprint density at radius 2 is 1.81 bits per heavy atom. The maximum Gasteiger partial charge on any atom is 0.225 e. The van der Waals surface area contributed by atoms with Crippen molar-refractivity contribution in [2.24, 2.45) is 5.92 Å². The lowest BCUT2D eigenvalue weighted by atomic mass is 9.77. The molecule has 1 aromatic rings. The van der Waals surface area contributed by atoms with Crippen molar-refractivity contribution in [3.05, 3.63) is 35.9 Å². The first kappa shape index (κ1) is 20.3. The van der Waals surface area contributed by atoms with E-state index in [0.717, 1.165) is 31.2 Å². The van der Waals surface area contributed by atoms with Gasteiger partial charge in [0.15, 0.2) is 0 Å². The van der Waals surface area contributed by atoms with Crippen LogP contribution in [0.5, 0.6) is 0 Å². The number of likely N-dealkylation sites (N-methyl/N-ethyl adjacent to an activating group) is 1. The van der Waals surface area contributed by atoms with Gasteiger partial charge in [0, 0.05) is 24.9 Å². The summed E-state index contributed by atoms with van der Waals surface area (Å²) in [6.07, 6.45) is 5.21. The number of carbonyl (C=O) groups excluding carboxylic acids is 1. The van der Waals surface area contributed by atoms with Gasteiger partial charge < -0.3 is 10.0 Å². The molecule has 0 bridgehead atoms. The molecule has 0 radical (unpaired) electrons. The minimum atomic E-state index is -3.48. The average molecular weight is 395 g/mol. The molecule has 3 atom stereocenters. The highest BCUT2D eigenvalue weighted by molar-refractivity contribution is 7.88. The Morgan fingerprint density at radius 3 is 2.33 bits per heavy atom. The summed E-state index contributed by atoms with van der Waals surface area (Å²) in [5.41, 5.74) is 1.01. The van der Waals surface area contributed by atoms with Crippen LogP contribution in [-0.2, 0) is 14.8 Å². The van der Waals surface area contributed by atoms with Crippen molar-refractivity contribution in [1.82, 2.24) is 9.21 Å². The third-order valence-corrected chi connectivity index (χ3v) is 7.35. The van der Waals surface area contributed by atoms with E-state index < -0.39 is 16.1 Å². The molecule has 0 unspecified atom stereocenters. The molecular weight excluding hydrogens is 364 g/mol. The van der Waals surface area contributed by atoms with Gasteiger partial charge in [-0.25, -0.2) is 8.42 Å². The van der Waals surface area contributed by atoms with Gasteiger partial charge >= 0.3 is 0 Å². The van der Waals surface area contributed by atoms with Crippen molar-refractivity contribution < 1.29 is 18.3 Å². The number of rotatable bonds is 7. The van der Waals surface area contributed by atoms with Crippen LogP contribution in [0.2, 0.25) is 0 Å². The normalized spacial score (nSPS) is 26.7. The van der Waals surface area contributed by atoms with Gasteiger partial charge in [-0.2, -0.15) is 4.31 Å². The maximum absolute atomic E-state index is 12.9. The van der Waals surface area contributed by atoms with Crippen LogP contribution in [0, 0.1) is 5.92 Å². The Balaban J connectivity index is 1.86. The van der Waals surface area contributed by atoms with E-state index >= 15 is 0 Å². The first-order chi connectivity index (χ1) is 12.9. The number of sulfonamides is 1. The van der Waals surface area contributed by atoms with Crippen LogP contribution in [0.25, 0.3) is 0 Å². The van der Waals surface area contributed by atoms with E-state index in [1.54, 1.807) is 0 Å². The van der Waals surface area contributed by atoms with Crippen molar-refractivity contribution in [3.8, 4) is 0 Å². The first-order valence-electron chi connectivity index (χ1n) is 9.81. The quantitative estimate of drug-likeness (QED) is 0.765. The minimum absolute atomic E-state index is 0.0699. The van der Waals surface area contributed by atoms with Crippen LogP contribution >= 0.6 is 0 Å². The fourth-order valence-corrected chi connectivity index (χ4v) is 6.13. The highest BCUT2D eigenvalue weighted by Crippen LogP contribution is 2.43. The fraction of sp³-hybridized carbons (Fsp3) is 0.650. The molecule has 1 N–H and O–H groups in total. The van der Waals surface area contributed by atoms with Crippen LogP contribution < -0.4 is 0 Å². The molecule has 2 aliphatic rings. The van der Waals surface area contributed by atoms with E-state index in [2.05, 4.69) is 0 Å². The molecule has 1 saturated heterocycles. The number of hydrogen-bond donors (Lipinski definition) is 1. The van der Waals surface area contributed by atoms with Gasteiger partial charge in [-0.1, -0.05) is 43.2 Å². The summed E-state index contributed by atoms with van der Waals surface area (Å²) in [7, 11) is -3.48. The van der Waals surface area contributed by atoms with Gasteiger partial charge in [0.1, 0.15) is 0 Å². The Labute approximate surface area is 162 Å². The first-order valence-corrected chi connectivity index (χ1v) is 11.7. The molecule has 7 heteroatoms. The number of benzene rings is 1. The Morgan fingerprint density at radius 1 is 1.19 bits per heavy atom. The van der Waals surface area contributed by atoms with Crippen molar-refractivity contribution in [2.45, 2.75) is 50.6 Å². The summed E-state index contributed by atoms with van der Waals surface area (Å²) in [5, 5.41) is 9.86. The molecular formula is C20H30N2O4S. The summed E-state index contributed by atoms with van der Waals surface area (Å²) in [4.78, 5) is 14.7. The van der Waals surface area contributed by atoms with E-state index in [4.69, 9.17) is 0 Å². The van der Waals surface area contributed by atoms with E-state index in [1.807, 2.05) is 42.2 Å². The summed E-state index contributed by atoms with van der Waals surface area (Å²) in [6, 6.07) is 8.87. The second-order valence-electron chi connectivity index (χ2n) is 7.70. The lowest BCUT2D eigenvalue weighted by Crippen LogP contribution is -2.68. The predicted molar refractivity (Wildman–Crippen MR) is 105 cm³/mol. The Hall–Kier alpha value is -1.44. The third-order valence-electron chi connectivity index (χ3n) is 6.04. The summed E-state index contributed by atoms with van der Waals surface area (Å²) in [5.74, 6) is 0.0968. The predicted octanol–water partition coefficient (Wildman–Crippen LogP) is 1.81. The summed E-state index contributed by atoms with van der Waals surface area (Å²) >= 11 is 0. The standard InChI is InChI=1S/C20H30N2O4S/c1-3-21(20(24)16-11-7-8-12-16)13-17-19(15-9-5-4-6-10-15)18(14-23)22(17)27(2,25)26/h4-6,9-10,16-19,23H,3,7-8,11-14H2,1-2H3/t17-,18+,19-/m0/s1. The smallest absolute Gasteiger partial charge is 0.225 e. The molecule has 1 saturated carbocycles. The number of amides is 1. The largest absolute Gasteiger partial charge is 0.395 e. The van der Waals surface area contributed by atoms with Crippen LogP contribution in [-0.4, -0.2) is 66.7 Å². The Kier molecular flexibility index (Phi) is 6.23. The second-order valence-corrected chi connectivity index (χ2v) is 9.59. The van der Waals surface area contributed by atoms with E-state index in [9.17, 15) is 18.3 Å². The van der Waals surface area contributed by atoms with E-state index in [-0.39, 0.29) is 30.4 Å².